The van der Waals surface area contributed by atoms with Gasteiger partial charge in [0, 0.05) is 24.1 Å². The van der Waals surface area contributed by atoms with Crippen LogP contribution in [0.25, 0.3) is 0 Å². The summed E-state index contributed by atoms with van der Waals surface area (Å²) in [5, 5.41) is 0. The molecule has 1 aromatic rings. The molecule has 21 heavy (non-hydrogen) atoms. The van der Waals surface area contributed by atoms with Crippen molar-refractivity contribution in [1.82, 2.24) is 0 Å². The predicted molar refractivity (Wildman–Crippen MR) is 79.2 cm³/mol. The number of hydrogen-bond donors (Lipinski definition) is 2. The highest BCUT2D eigenvalue weighted by Gasteiger charge is 2.37. The first-order valence-corrected chi connectivity index (χ1v) is 7.33. The van der Waals surface area contributed by atoms with Gasteiger partial charge in [-0.15, -0.1) is 0 Å². The van der Waals surface area contributed by atoms with Crippen LogP contribution in [-0.4, -0.2) is 13.0 Å². The Labute approximate surface area is 124 Å². The Hall–Kier alpha value is -1.62. The summed E-state index contributed by atoms with van der Waals surface area (Å²) in [5.41, 5.74) is 11.9. The number of benzene rings is 1. The molecule has 1 saturated carbocycles. The molecule has 0 spiro atoms. The van der Waals surface area contributed by atoms with E-state index in [0.717, 1.165) is 25.7 Å². The molecular formula is C16H23FN2O2. The second kappa shape index (κ2) is 6.43. The maximum Gasteiger partial charge on any atom is 0.217 e. The smallest absolute Gasteiger partial charge is 0.217 e. The molecule has 0 radical (unpaired) electrons. The van der Waals surface area contributed by atoms with Crippen LogP contribution in [0.2, 0.25) is 0 Å². The van der Waals surface area contributed by atoms with Gasteiger partial charge in [-0.1, -0.05) is 18.9 Å². The van der Waals surface area contributed by atoms with Crippen LogP contribution in [0.15, 0.2) is 18.2 Å². The Kier molecular flexibility index (Phi) is 4.83. The van der Waals surface area contributed by atoms with Crippen molar-refractivity contribution < 1.29 is 13.9 Å². The summed E-state index contributed by atoms with van der Waals surface area (Å²) < 4.78 is 19.1. The summed E-state index contributed by atoms with van der Waals surface area (Å²) in [6.07, 6.45) is 4.93. The van der Waals surface area contributed by atoms with Crippen molar-refractivity contribution in [2.75, 3.05) is 7.11 Å². The third-order valence-electron chi connectivity index (χ3n) is 4.47. The molecule has 1 aliphatic rings. The van der Waals surface area contributed by atoms with Crippen LogP contribution in [0, 0.1) is 11.2 Å². The van der Waals surface area contributed by atoms with E-state index in [9.17, 15) is 9.18 Å². The molecule has 1 aromatic carbocycles. The predicted octanol–water partition coefficient (Wildman–Crippen LogP) is 2.66. The molecule has 0 aliphatic heterocycles. The summed E-state index contributed by atoms with van der Waals surface area (Å²) in [6, 6.07) is 4.26. The minimum absolute atomic E-state index is 0.169. The molecule has 4 N–H and O–H groups in total. The number of halogens is 1. The van der Waals surface area contributed by atoms with Crippen LogP contribution in [0.4, 0.5) is 4.39 Å². The normalized spacial score (nSPS) is 18.4. The SMILES string of the molecule is COc1ccc(C(N)CC2(CC(N)=O)CCCC2)c(F)c1. The Morgan fingerprint density at radius 1 is 1.43 bits per heavy atom. The van der Waals surface area contributed by atoms with Gasteiger partial charge in [-0.25, -0.2) is 4.39 Å². The van der Waals surface area contributed by atoms with E-state index in [-0.39, 0.29) is 17.1 Å². The average Bonchev–Trinajstić information content (AvgIpc) is 2.85. The van der Waals surface area contributed by atoms with E-state index in [2.05, 4.69) is 0 Å². The Bertz CT molecular complexity index is 513. The average molecular weight is 294 g/mol. The van der Waals surface area contributed by atoms with Crippen molar-refractivity contribution in [3.63, 3.8) is 0 Å². The van der Waals surface area contributed by atoms with E-state index < -0.39 is 6.04 Å². The van der Waals surface area contributed by atoms with Gasteiger partial charge < -0.3 is 16.2 Å². The molecule has 116 valence electrons. The number of carbonyl (C=O) groups is 1. The quantitative estimate of drug-likeness (QED) is 0.846. The number of amides is 1. The first-order valence-electron chi connectivity index (χ1n) is 7.33. The van der Waals surface area contributed by atoms with Gasteiger partial charge in [0.2, 0.25) is 5.91 Å². The molecule has 5 heteroatoms. The molecule has 0 saturated heterocycles. The summed E-state index contributed by atoms with van der Waals surface area (Å²) in [4.78, 5) is 11.3. The van der Waals surface area contributed by atoms with E-state index in [4.69, 9.17) is 16.2 Å². The number of methoxy groups -OCH3 is 1. The van der Waals surface area contributed by atoms with Crippen molar-refractivity contribution >= 4 is 5.91 Å². The topological polar surface area (TPSA) is 78.3 Å². The zero-order valence-corrected chi connectivity index (χ0v) is 12.4. The molecule has 0 aromatic heterocycles. The van der Waals surface area contributed by atoms with Crippen LogP contribution in [0.3, 0.4) is 0 Å². The fourth-order valence-electron chi connectivity index (χ4n) is 3.46. The summed E-state index contributed by atoms with van der Waals surface area (Å²) in [7, 11) is 1.49. The van der Waals surface area contributed by atoms with E-state index in [1.807, 2.05) is 0 Å². The van der Waals surface area contributed by atoms with Crippen LogP contribution < -0.4 is 16.2 Å². The van der Waals surface area contributed by atoms with E-state index in [0.29, 0.717) is 24.2 Å². The van der Waals surface area contributed by atoms with E-state index >= 15 is 0 Å². The van der Waals surface area contributed by atoms with E-state index in [1.165, 1.54) is 13.2 Å². The van der Waals surface area contributed by atoms with Gasteiger partial charge in [0.1, 0.15) is 11.6 Å². The van der Waals surface area contributed by atoms with Gasteiger partial charge >= 0.3 is 0 Å². The fourth-order valence-corrected chi connectivity index (χ4v) is 3.46. The van der Waals surface area contributed by atoms with Gasteiger partial charge in [-0.2, -0.15) is 0 Å². The zero-order valence-electron chi connectivity index (χ0n) is 12.4. The molecule has 1 fully saturated rings. The molecule has 1 atom stereocenters. The molecule has 0 heterocycles. The maximum absolute atomic E-state index is 14.1. The number of rotatable bonds is 6. The van der Waals surface area contributed by atoms with Gasteiger partial charge in [-0.3, -0.25) is 4.79 Å². The van der Waals surface area contributed by atoms with Crippen molar-refractivity contribution in [3.8, 4) is 5.75 Å². The third kappa shape index (κ3) is 3.73. The highest BCUT2D eigenvalue weighted by atomic mass is 19.1. The Morgan fingerprint density at radius 2 is 2.10 bits per heavy atom. The Morgan fingerprint density at radius 3 is 2.62 bits per heavy atom. The van der Waals surface area contributed by atoms with Gasteiger partial charge in [0.25, 0.3) is 0 Å². The number of primary amides is 1. The number of nitrogens with two attached hydrogens (primary N) is 2. The van der Waals surface area contributed by atoms with Gasteiger partial charge in [-0.05, 0) is 30.7 Å². The first-order chi connectivity index (χ1) is 9.96. The minimum Gasteiger partial charge on any atom is -0.497 e. The highest BCUT2D eigenvalue weighted by Crippen LogP contribution is 2.46. The molecule has 1 unspecified atom stereocenters. The van der Waals surface area contributed by atoms with Crippen LogP contribution in [-0.2, 0) is 4.79 Å². The molecular weight excluding hydrogens is 271 g/mol. The lowest BCUT2D eigenvalue weighted by Crippen LogP contribution is -2.30. The Balaban J connectivity index is 2.15. The molecule has 1 amide bonds. The molecule has 1 aliphatic carbocycles. The van der Waals surface area contributed by atoms with Crippen LogP contribution in [0.5, 0.6) is 5.75 Å². The van der Waals surface area contributed by atoms with Crippen molar-refractivity contribution in [2.45, 2.75) is 44.6 Å². The maximum atomic E-state index is 14.1. The first kappa shape index (κ1) is 15.8. The number of ether oxygens (including phenoxy) is 1. The van der Waals surface area contributed by atoms with Gasteiger partial charge in [0.05, 0.1) is 7.11 Å². The summed E-state index contributed by atoms with van der Waals surface area (Å²) in [6.45, 7) is 0. The molecule has 2 rings (SSSR count). The summed E-state index contributed by atoms with van der Waals surface area (Å²) in [5.74, 6) is -0.204. The van der Waals surface area contributed by atoms with E-state index in [1.54, 1.807) is 12.1 Å². The third-order valence-corrected chi connectivity index (χ3v) is 4.47. The van der Waals surface area contributed by atoms with Crippen molar-refractivity contribution in [3.05, 3.63) is 29.6 Å². The van der Waals surface area contributed by atoms with Crippen molar-refractivity contribution in [1.29, 1.82) is 0 Å². The monoisotopic (exact) mass is 294 g/mol. The molecule has 4 nitrogen and oxygen atoms in total. The standard InChI is InChI=1S/C16H23FN2O2/c1-21-11-4-5-12(13(17)8-11)14(18)9-16(10-15(19)20)6-2-3-7-16/h4-5,8,14H,2-3,6-7,9-10,18H2,1H3,(H2,19,20). The number of carbonyl (C=O) groups excluding carboxylic acids is 1. The van der Waals surface area contributed by atoms with Crippen molar-refractivity contribution in [2.24, 2.45) is 16.9 Å². The van der Waals surface area contributed by atoms with Gasteiger partial charge in [0.15, 0.2) is 0 Å². The second-order valence-corrected chi connectivity index (χ2v) is 6.05. The fraction of sp³-hybridized carbons (Fsp3) is 0.562. The highest BCUT2D eigenvalue weighted by molar-refractivity contribution is 5.74. The second-order valence-electron chi connectivity index (χ2n) is 6.05. The lowest BCUT2D eigenvalue weighted by atomic mass is 9.76. The van der Waals surface area contributed by atoms with Crippen LogP contribution in [0.1, 0.15) is 50.1 Å². The lowest BCUT2D eigenvalue weighted by molar-refractivity contribution is -0.120. The summed E-state index contributed by atoms with van der Waals surface area (Å²) >= 11 is 0. The number of hydrogen-bond acceptors (Lipinski definition) is 3. The largest absolute Gasteiger partial charge is 0.497 e. The minimum atomic E-state index is -0.437. The zero-order chi connectivity index (χ0) is 15.5. The molecule has 0 bridgehead atoms. The van der Waals surface area contributed by atoms with Crippen LogP contribution >= 0.6 is 0 Å². The lowest BCUT2D eigenvalue weighted by Gasteiger charge is -2.31.